The Bertz CT molecular complexity index is 957. The van der Waals surface area contributed by atoms with Crippen LogP contribution in [0.1, 0.15) is 5.56 Å². The first kappa shape index (κ1) is 17.2. The number of hydrogen-bond donors (Lipinski definition) is 1. The quantitative estimate of drug-likeness (QED) is 0.687. The van der Waals surface area contributed by atoms with Crippen molar-refractivity contribution in [2.75, 3.05) is 4.72 Å². The fourth-order valence-corrected chi connectivity index (χ4v) is 4.56. The van der Waals surface area contributed by atoms with Gasteiger partial charge in [-0.2, -0.15) is 0 Å². The van der Waals surface area contributed by atoms with Gasteiger partial charge in [0.1, 0.15) is 5.01 Å². The van der Waals surface area contributed by atoms with Gasteiger partial charge in [0.25, 0.3) is 0 Å². The summed E-state index contributed by atoms with van der Waals surface area (Å²) in [7, 11) is -3.63. The standard InChI is InChI=1S/C15H11Cl2N3O2S2/c16-12-7-5-10(6-8-12)14-18-19-15(23-14)20-24(21,22)9-11-3-1-2-4-13(11)17/h1-8H,9H2,(H,19,20). The minimum Gasteiger partial charge on any atom is -0.257 e. The predicted molar refractivity (Wildman–Crippen MR) is 98.1 cm³/mol. The molecule has 1 N–H and O–H groups in total. The van der Waals surface area contributed by atoms with E-state index in [2.05, 4.69) is 14.9 Å². The zero-order chi connectivity index (χ0) is 17.2. The maximum atomic E-state index is 12.3. The van der Waals surface area contributed by atoms with E-state index in [1.54, 1.807) is 48.5 Å². The van der Waals surface area contributed by atoms with Gasteiger partial charge in [0.05, 0.1) is 5.75 Å². The Kier molecular flexibility index (Phi) is 5.05. The summed E-state index contributed by atoms with van der Waals surface area (Å²) >= 11 is 13.0. The van der Waals surface area contributed by atoms with E-state index in [0.29, 0.717) is 20.6 Å². The van der Waals surface area contributed by atoms with Crippen molar-refractivity contribution in [2.24, 2.45) is 0 Å². The Hall–Kier alpha value is -1.67. The molecule has 9 heteroatoms. The Morgan fingerprint density at radius 1 is 1.00 bits per heavy atom. The molecular weight excluding hydrogens is 389 g/mol. The molecule has 3 aromatic rings. The van der Waals surface area contributed by atoms with Crippen molar-refractivity contribution >= 4 is 49.7 Å². The number of halogens is 2. The number of benzene rings is 2. The second-order valence-corrected chi connectivity index (χ2v) is 8.42. The summed E-state index contributed by atoms with van der Waals surface area (Å²) < 4.78 is 27.0. The first-order chi connectivity index (χ1) is 11.4. The minimum atomic E-state index is -3.63. The molecule has 24 heavy (non-hydrogen) atoms. The molecule has 0 aliphatic rings. The fraction of sp³-hybridized carbons (Fsp3) is 0.0667. The molecule has 0 unspecified atom stereocenters. The Morgan fingerprint density at radius 3 is 2.42 bits per heavy atom. The molecule has 0 aliphatic carbocycles. The SMILES string of the molecule is O=S(=O)(Cc1ccccc1Cl)Nc1nnc(-c2ccc(Cl)cc2)s1. The molecule has 0 saturated heterocycles. The zero-order valence-corrected chi connectivity index (χ0v) is 15.3. The van der Waals surface area contributed by atoms with Crippen LogP contribution in [-0.2, 0) is 15.8 Å². The summed E-state index contributed by atoms with van der Waals surface area (Å²) in [5.74, 6) is -0.234. The van der Waals surface area contributed by atoms with Gasteiger partial charge < -0.3 is 0 Å². The number of aromatic nitrogens is 2. The van der Waals surface area contributed by atoms with Gasteiger partial charge in [-0.15, -0.1) is 10.2 Å². The van der Waals surface area contributed by atoms with Crippen LogP contribution in [0, 0.1) is 0 Å². The van der Waals surface area contributed by atoms with Crippen LogP contribution < -0.4 is 4.72 Å². The first-order valence-corrected chi connectivity index (χ1v) is 9.99. The molecule has 0 radical (unpaired) electrons. The maximum Gasteiger partial charge on any atom is 0.238 e. The van der Waals surface area contributed by atoms with Gasteiger partial charge in [0, 0.05) is 15.6 Å². The van der Waals surface area contributed by atoms with Gasteiger partial charge in [-0.1, -0.05) is 64.9 Å². The summed E-state index contributed by atoms with van der Waals surface area (Å²) in [4.78, 5) is 0. The van der Waals surface area contributed by atoms with Crippen molar-refractivity contribution in [3.05, 3.63) is 64.1 Å². The second-order valence-electron chi connectivity index (χ2n) is 4.87. The fourth-order valence-electron chi connectivity index (χ4n) is 1.96. The van der Waals surface area contributed by atoms with Crippen LogP contribution in [0.15, 0.2) is 48.5 Å². The van der Waals surface area contributed by atoms with E-state index >= 15 is 0 Å². The summed E-state index contributed by atoms with van der Waals surface area (Å²) in [6.45, 7) is 0. The van der Waals surface area contributed by atoms with Crippen molar-refractivity contribution in [2.45, 2.75) is 5.75 Å². The van der Waals surface area contributed by atoms with E-state index in [0.717, 1.165) is 16.9 Å². The van der Waals surface area contributed by atoms with E-state index in [-0.39, 0.29) is 10.9 Å². The molecule has 0 saturated carbocycles. The van der Waals surface area contributed by atoms with Crippen LogP contribution in [0.2, 0.25) is 10.0 Å². The second kappa shape index (κ2) is 7.06. The van der Waals surface area contributed by atoms with Gasteiger partial charge in [-0.05, 0) is 23.8 Å². The lowest BCUT2D eigenvalue weighted by molar-refractivity contribution is 0.600. The van der Waals surface area contributed by atoms with Gasteiger partial charge in [0.15, 0.2) is 0 Å². The zero-order valence-electron chi connectivity index (χ0n) is 12.1. The monoisotopic (exact) mass is 399 g/mol. The van der Waals surface area contributed by atoms with Crippen LogP contribution in [0.25, 0.3) is 10.6 Å². The third-order valence-corrected chi connectivity index (χ3v) is 5.90. The Morgan fingerprint density at radius 2 is 1.71 bits per heavy atom. The predicted octanol–water partition coefficient (Wildman–Crippen LogP) is 4.45. The number of nitrogens with zero attached hydrogens (tertiary/aromatic N) is 2. The van der Waals surface area contributed by atoms with E-state index in [1.807, 2.05) is 0 Å². The summed E-state index contributed by atoms with van der Waals surface area (Å²) in [5, 5.41) is 9.69. The smallest absolute Gasteiger partial charge is 0.238 e. The highest BCUT2D eigenvalue weighted by molar-refractivity contribution is 7.92. The van der Waals surface area contributed by atoms with Crippen molar-refractivity contribution in [1.82, 2.24) is 10.2 Å². The molecule has 1 heterocycles. The lowest BCUT2D eigenvalue weighted by Gasteiger charge is -2.06. The molecule has 0 bridgehead atoms. The number of nitrogens with one attached hydrogen (secondary N) is 1. The number of hydrogen-bond acceptors (Lipinski definition) is 5. The minimum absolute atomic E-state index is 0.201. The van der Waals surface area contributed by atoms with Crippen molar-refractivity contribution in [3.8, 4) is 10.6 Å². The molecule has 3 rings (SSSR count). The molecule has 5 nitrogen and oxygen atoms in total. The highest BCUT2D eigenvalue weighted by atomic mass is 35.5. The van der Waals surface area contributed by atoms with Crippen molar-refractivity contribution < 1.29 is 8.42 Å². The molecular formula is C15H11Cl2N3O2S2. The van der Waals surface area contributed by atoms with Crippen LogP contribution in [0.3, 0.4) is 0 Å². The Labute approximate surface area is 153 Å². The molecule has 1 aromatic heterocycles. The largest absolute Gasteiger partial charge is 0.257 e. The van der Waals surface area contributed by atoms with E-state index in [9.17, 15) is 8.42 Å². The van der Waals surface area contributed by atoms with Crippen molar-refractivity contribution in [3.63, 3.8) is 0 Å². The molecule has 0 amide bonds. The van der Waals surface area contributed by atoms with Crippen LogP contribution in [0.4, 0.5) is 5.13 Å². The van der Waals surface area contributed by atoms with Crippen LogP contribution in [0.5, 0.6) is 0 Å². The maximum absolute atomic E-state index is 12.3. The average molecular weight is 400 g/mol. The van der Waals surface area contributed by atoms with Gasteiger partial charge in [-0.3, -0.25) is 4.72 Å². The van der Waals surface area contributed by atoms with E-state index in [4.69, 9.17) is 23.2 Å². The van der Waals surface area contributed by atoms with E-state index < -0.39 is 10.0 Å². The third-order valence-electron chi connectivity index (χ3n) is 3.06. The van der Waals surface area contributed by atoms with Gasteiger partial charge in [-0.25, -0.2) is 8.42 Å². The summed E-state index contributed by atoms with van der Waals surface area (Å²) in [5.41, 5.74) is 1.34. The lowest BCUT2D eigenvalue weighted by Crippen LogP contribution is -2.15. The Balaban J connectivity index is 1.76. The lowest BCUT2D eigenvalue weighted by atomic mass is 10.2. The highest BCUT2D eigenvalue weighted by Gasteiger charge is 2.17. The van der Waals surface area contributed by atoms with E-state index in [1.165, 1.54) is 0 Å². The summed E-state index contributed by atoms with van der Waals surface area (Å²) in [6, 6.07) is 13.9. The highest BCUT2D eigenvalue weighted by Crippen LogP contribution is 2.28. The number of rotatable bonds is 5. The summed E-state index contributed by atoms with van der Waals surface area (Å²) in [6.07, 6.45) is 0. The molecule has 2 aromatic carbocycles. The number of sulfonamides is 1. The third kappa shape index (κ3) is 4.24. The molecule has 0 aliphatic heterocycles. The number of anilines is 1. The van der Waals surface area contributed by atoms with Crippen LogP contribution in [-0.4, -0.2) is 18.6 Å². The molecule has 0 spiro atoms. The first-order valence-electron chi connectivity index (χ1n) is 6.76. The normalized spacial score (nSPS) is 11.4. The topological polar surface area (TPSA) is 72.0 Å². The molecule has 0 atom stereocenters. The van der Waals surface area contributed by atoms with Crippen LogP contribution >= 0.6 is 34.5 Å². The van der Waals surface area contributed by atoms with Gasteiger partial charge >= 0.3 is 0 Å². The van der Waals surface area contributed by atoms with Crippen molar-refractivity contribution in [1.29, 1.82) is 0 Å². The average Bonchev–Trinajstić information content (AvgIpc) is 2.98. The molecule has 0 fully saturated rings. The molecule has 124 valence electrons. The van der Waals surface area contributed by atoms with Gasteiger partial charge in [0.2, 0.25) is 15.2 Å².